The van der Waals surface area contributed by atoms with Gasteiger partial charge in [-0.2, -0.15) is 0 Å². The number of nitrogens with zero attached hydrogens (tertiary/aromatic N) is 1. The molecule has 3 rings (SSSR count). The average molecular weight is 272 g/mol. The Morgan fingerprint density at radius 3 is 2.60 bits per heavy atom. The van der Waals surface area contributed by atoms with Crippen LogP contribution < -0.4 is 5.32 Å². The lowest BCUT2D eigenvalue weighted by Crippen LogP contribution is -2.34. The molecule has 0 amide bonds. The molecule has 1 saturated heterocycles. The van der Waals surface area contributed by atoms with Crippen molar-refractivity contribution in [2.45, 2.75) is 64.1 Å². The lowest BCUT2D eigenvalue weighted by Gasteiger charge is -2.21. The third-order valence-corrected chi connectivity index (χ3v) is 4.79. The molecule has 1 N–H and O–H groups in total. The first-order valence-corrected chi connectivity index (χ1v) is 8.35. The van der Waals surface area contributed by atoms with Gasteiger partial charge in [-0.15, -0.1) is 0 Å². The van der Waals surface area contributed by atoms with Crippen LogP contribution in [0.4, 0.5) is 0 Å². The summed E-state index contributed by atoms with van der Waals surface area (Å²) in [5.74, 6) is 0. The minimum absolute atomic E-state index is 0.467. The average Bonchev–Trinajstić information content (AvgIpc) is 3.21. The summed E-state index contributed by atoms with van der Waals surface area (Å²) in [7, 11) is 0. The lowest BCUT2D eigenvalue weighted by molar-refractivity contribution is 0.313. The quantitative estimate of drug-likeness (QED) is 0.852. The second kappa shape index (κ2) is 6.28. The van der Waals surface area contributed by atoms with Gasteiger partial charge in [0.25, 0.3) is 0 Å². The fraction of sp³-hybridized carbons (Fsp3) is 0.667. The van der Waals surface area contributed by atoms with Crippen LogP contribution in [0.3, 0.4) is 0 Å². The van der Waals surface area contributed by atoms with Crippen LogP contribution in [0.25, 0.3) is 0 Å². The summed E-state index contributed by atoms with van der Waals surface area (Å²) in [5.41, 5.74) is 2.89. The molecule has 1 aliphatic carbocycles. The molecular weight excluding hydrogens is 244 g/mol. The molecule has 1 aromatic carbocycles. The minimum Gasteiger partial charge on any atom is -0.306 e. The number of benzene rings is 1. The van der Waals surface area contributed by atoms with E-state index in [1.807, 2.05) is 0 Å². The molecule has 1 aliphatic heterocycles. The SMILES string of the molecule is CCCc1ccc(C(C)NC2CCN(C3CC3)C2)cc1. The fourth-order valence-electron chi connectivity index (χ4n) is 3.41. The summed E-state index contributed by atoms with van der Waals surface area (Å²) < 4.78 is 0. The van der Waals surface area contributed by atoms with Crippen molar-refractivity contribution in [3.8, 4) is 0 Å². The Bertz CT molecular complexity index is 422. The van der Waals surface area contributed by atoms with E-state index in [1.54, 1.807) is 0 Å². The molecule has 0 aromatic heterocycles. The monoisotopic (exact) mass is 272 g/mol. The van der Waals surface area contributed by atoms with Crippen molar-refractivity contribution in [1.29, 1.82) is 0 Å². The first-order chi connectivity index (χ1) is 9.76. The van der Waals surface area contributed by atoms with Crippen molar-refractivity contribution in [3.05, 3.63) is 35.4 Å². The lowest BCUT2D eigenvalue weighted by atomic mass is 10.0. The van der Waals surface area contributed by atoms with E-state index >= 15 is 0 Å². The summed E-state index contributed by atoms with van der Waals surface area (Å²) in [6.45, 7) is 7.09. The van der Waals surface area contributed by atoms with E-state index in [4.69, 9.17) is 0 Å². The predicted octanol–water partition coefficient (Wildman–Crippen LogP) is 3.53. The Hall–Kier alpha value is -0.860. The van der Waals surface area contributed by atoms with Gasteiger partial charge in [0, 0.05) is 31.2 Å². The standard InChI is InChI=1S/C18H28N2/c1-3-4-15-5-7-16(8-6-15)14(2)19-17-11-12-20(13-17)18-9-10-18/h5-8,14,17-19H,3-4,9-13H2,1-2H3. The third-order valence-electron chi connectivity index (χ3n) is 4.79. The topological polar surface area (TPSA) is 15.3 Å². The highest BCUT2D eigenvalue weighted by molar-refractivity contribution is 5.25. The third kappa shape index (κ3) is 3.42. The van der Waals surface area contributed by atoms with E-state index in [0.717, 1.165) is 6.04 Å². The molecule has 1 saturated carbocycles. The highest BCUT2D eigenvalue weighted by Crippen LogP contribution is 2.30. The van der Waals surface area contributed by atoms with Gasteiger partial charge in [-0.1, -0.05) is 37.6 Å². The summed E-state index contributed by atoms with van der Waals surface area (Å²) >= 11 is 0. The van der Waals surface area contributed by atoms with Crippen LogP contribution in [-0.4, -0.2) is 30.1 Å². The number of aryl methyl sites for hydroxylation is 1. The Balaban J connectivity index is 1.51. The largest absolute Gasteiger partial charge is 0.306 e. The van der Waals surface area contributed by atoms with E-state index in [1.165, 1.54) is 56.3 Å². The van der Waals surface area contributed by atoms with Crippen LogP contribution in [0.5, 0.6) is 0 Å². The van der Waals surface area contributed by atoms with Crippen LogP contribution in [0.2, 0.25) is 0 Å². The van der Waals surface area contributed by atoms with Crippen molar-refractivity contribution in [2.75, 3.05) is 13.1 Å². The molecule has 2 atom stereocenters. The summed E-state index contributed by atoms with van der Waals surface area (Å²) in [5, 5.41) is 3.82. The van der Waals surface area contributed by atoms with Crippen molar-refractivity contribution < 1.29 is 0 Å². The van der Waals surface area contributed by atoms with Crippen molar-refractivity contribution in [3.63, 3.8) is 0 Å². The minimum atomic E-state index is 0.467. The van der Waals surface area contributed by atoms with Gasteiger partial charge in [-0.25, -0.2) is 0 Å². The Morgan fingerprint density at radius 1 is 1.20 bits per heavy atom. The zero-order valence-corrected chi connectivity index (χ0v) is 12.9. The molecule has 2 aliphatic rings. The molecule has 2 nitrogen and oxygen atoms in total. The number of likely N-dealkylation sites (tertiary alicyclic amines) is 1. The predicted molar refractivity (Wildman–Crippen MR) is 85.0 cm³/mol. The number of nitrogens with one attached hydrogen (secondary N) is 1. The van der Waals surface area contributed by atoms with Gasteiger partial charge in [0.15, 0.2) is 0 Å². The first-order valence-electron chi connectivity index (χ1n) is 8.35. The van der Waals surface area contributed by atoms with E-state index in [0.29, 0.717) is 12.1 Å². The van der Waals surface area contributed by atoms with Crippen LogP contribution >= 0.6 is 0 Å². The number of hydrogen-bond acceptors (Lipinski definition) is 2. The van der Waals surface area contributed by atoms with E-state index in [2.05, 4.69) is 48.3 Å². The number of hydrogen-bond donors (Lipinski definition) is 1. The van der Waals surface area contributed by atoms with Gasteiger partial charge in [0.05, 0.1) is 0 Å². The van der Waals surface area contributed by atoms with Gasteiger partial charge in [-0.3, -0.25) is 4.90 Å². The van der Waals surface area contributed by atoms with E-state index in [-0.39, 0.29) is 0 Å². The highest BCUT2D eigenvalue weighted by Gasteiger charge is 2.34. The maximum absolute atomic E-state index is 3.82. The molecule has 1 aromatic rings. The molecule has 1 heterocycles. The van der Waals surface area contributed by atoms with Crippen molar-refractivity contribution >= 4 is 0 Å². The fourth-order valence-corrected chi connectivity index (χ4v) is 3.41. The van der Waals surface area contributed by atoms with Crippen LogP contribution in [-0.2, 0) is 6.42 Å². The molecular formula is C18H28N2. The van der Waals surface area contributed by atoms with Crippen LogP contribution in [0, 0.1) is 0 Å². The molecule has 110 valence electrons. The molecule has 20 heavy (non-hydrogen) atoms. The molecule has 0 bridgehead atoms. The summed E-state index contributed by atoms with van der Waals surface area (Å²) in [6.07, 6.45) is 6.60. The maximum Gasteiger partial charge on any atom is 0.0294 e. The van der Waals surface area contributed by atoms with Gasteiger partial charge < -0.3 is 5.32 Å². The number of rotatable bonds is 6. The zero-order valence-electron chi connectivity index (χ0n) is 12.9. The maximum atomic E-state index is 3.82. The van der Waals surface area contributed by atoms with Gasteiger partial charge in [0.2, 0.25) is 0 Å². The normalized spacial score (nSPS) is 25.0. The molecule has 2 heteroatoms. The summed E-state index contributed by atoms with van der Waals surface area (Å²) in [4.78, 5) is 2.68. The smallest absolute Gasteiger partial charge is 0.0294 e. The Labute approximate surface area is 123 Å². The molecule has 2 fully saturated rings. The van der Waals surface area contributed by atoms with Crippen molar-refractivity contribution in [1.82, 2.24) is 10.2 Å². The Kier molecular flexibility index (Phi) is 4.42. The zero-order chi connectivity index (χ0) is 13.9. The highest BCUT2D eigenvalue weighted by atomic mass is 15.2. The molecule has 0 radical (unpaired) electrons. The van der Waals surface area contributed by atoms with Crippen LogP contribution in [0.15, 0.2) is 24.3 Å². The molecule has 0 spiro atoms. The van der Waals surface area contributed by atoms with Crippen LogP contribution in [0.1, 0.15) is 56.7 Å². The Morgan fingerprint density at radius 2 is 1.95 bits per heavy atom. The van der Waals surface area contributed by atoms with Gasteiger partial charge in [0.1, 0.15) is 0 Å². The first kappa shape index (κ1) is 14.1. The van der Waals surface area contributed by atoms with Gasteiger partial charge in [-0.05, 0) is 43.7 Å². The van der Waals surface area contributed by atoms with Crippen molar-refractivity contribution in [2.24, 2.45) is 0 Å². The summed E-state index contributed by atoms with van der Waals surface area (Å²) in [6, 6.07) is 11.3. The van der Waals surface area contributed by atoms with E-state index < -0.39 is 0 Å². The second-order valence-corrected chi connectivity index (χ2v) is 6.59. The second-order valence-electron chi connectivity index (χ2n) is 6.59. The van der Waals surface area contributed by atoms with Gasteiger partial charge >= 0.3 is 0 Å². The van der Waals surface area contributed by atoms with E-state index in [9.17, 15) is 0 Å². The molecule has 2 unspecified atom stereocenters.